The fourth-order valence-corrected chi connectivity index (χ4v) is 7.35. The van der Waals surface area contributed by atoms with E-state index in [0.29, 0.717) is 50.0 Å². The summed E-state index contributed by atoms with van der Waals surface area (Å²) in [5, 5.41) is 15.5. The number of aliphatic hydroxyl groups is 1. The van der Waals surface area contributed by atoms with E-state index in [-0.39, 0.29) is 24.3 Å². The Morgan fingerprint density at radius 3 is 2.24 bits per heavy atom. The average Bonchev–Trinajstić information content (AvgIpc) is 3.59. The van der Waals surface area contributed by atoms with Gasteiger partial charge in [-0.25, -0.2) is 0 Å². The molecule has 220 valence electrons. The molecule has 3 amide bonds. The van der Waals surface area contributed by atoms with Crippen molar-refractivity contribution in [2.24, 2.45) is 11.8 Å². The number of rotatable bonds is 12. The van der Waals surface area contributed by atoms with E-state index in [2.05, 4.69) is 29.4 Å². The number of para-hydroxylation sites is 1. The van der Waals surface area contributed by atoms with Gasteiger partial charge in [-0.15, -0.1) is 0 Å². The Bertz CT molecular complexity index is 1250. The fourth-order valence-electron chi connectivity index (χ4n) is 7.35. The second kappa shape index (κ2) is 11.8. The topological polar surface area (TPSA) is 111 Å². The fraction of sp³-hybridized carbons (Fsp3) is 0.531. The molecule has 0 aromatic heterocycles. The summed E-state index contributed by atoms with van der Waals surface area (Å²) in [4.78, 5) is 45.9. The third-order valence-electron chi connectivity index (χ3n) is 9.32. The van der Waals surface area contributed by atoms with E-state index < -0.39 is 29.1 Å². The standard InChI is InChI=1S/C32H42N4O5/c1-4-31-18-19-32(41-31)26(25(31)28(38)33-22-12-8-7-9-13-22)30(40)36(20-10-11-21-37)27(32)29(39)34-23-14-16-24(17-15-23)35(5-2)6-3/h7-9,12-17,25-27,37H,4-6,10-11,18-21H2,1-3H3,(H,33,38)(H,34,39)/t25-,26+,27?,31+,32?/m1/s1. The lowest BCUT2D eigenvalue weighted by molar-refractivity contribution is -0.144. The number of aliphatic hydroxyl groups excluding tert-OH is 1. The highest BCUT2D eigenvalue weighted by Crippen LogP contribution is 2.64. The molecule has 2 unspecified atom stereocenters. The lowest BCUT2D eigenvalue weighted by Crippen LogP contribution is -2.53. The molecule has 3 heterocycles. The van der Waals surface area contributed by atoms with Crippen LogP contribution in [0.1, 0.15) is 52.9 Å². The number of hydrogen-bond donors (Lipinski definition) is 3. The third kappa shape index (κ3) is 4.99. The molecule has 9 heteroatoms. The van der Waals surface area contributed by atoms with Crippen molar-refractivity contribution in [3.05, 3.63) is 54.6 Å². The van der Waals surface area contributed by atoms with Crippen LogP contribution in [0.3, 0.4) is 0 Å². The first-order valence-electron chi connectivity index (χ1n) is 15.0. The maximum atomic E-state index is 14.2. The molecule has 2 aromatic rings. The van der Waals surface area contributed by atoms with Crippen LogP contribution < -0.4 is 15.5 Å². The monoisotopic (exact) mass is 562 g/mol. The quantitative estimate of drug-likeness (QED) is 0.337. The van der Waals surface area contributed by atoms with E-state index in [4.69, 9.17) is 4.74 Å². The van der Waals surface area contributed by atoms with Gasteiger partial charge in [-0.05, 0) is 82.3 Å². The molecule has 3 N–H and O–H groups in total. The van der Waals surface area contributed by atoms with Gasteiger partial charge in [-0.3, -0.25) is 14.4 Å². The number of likely N-dealkylation sites (tertiary alicyclic amines) is 1. The van der Waals surface area contributed by atoms with Crippen molar-refractivity contribution in [3.8, 4) is 0 Å². The number of nitrogens with one attached hydrogen (secondary N) is 2. The first-order valence-corrected chi connectivity index (χ1v) is 15.0. The van der Waals surface area contributed by atoms with Crippen molar-refractivity contribution in [1.29, 1.82) is 0 Å². The van der Waals surface area contributed by atoms with Gasteiger partial charge in [0.25, 0.3) is 0 Å². The zero-order valence-electron chi connectivity index (χ0n) is 24.3. The van der Waals surface area contributed by atoms with Crippen molar-refractivity contribution in [3.63, 3.8) is 0 Å². The van der Waals surface area contributed by atoms with Crippen LogP contribution >= 0.6 is 0 Å². The SMILES string of the molecule is CCN(CC)c1ccc(NC(=O)C2N(CCCCO)C(=O)[C@@H]3[C@H](C(=O)Nc4ccccc4)[C@]4(CC)CCC23O4)cc1. The summed E-state index contributed by atoms with van der Waals surface area (Å²) in [7, 11) is 0. The average molecular weight is 563 g/mol. The Morgan fingerprint density at radius 1 is 0.951 bits per heavy atom. The molecule has 0 aliphatic carbocycles. The lowest BCUT2D eigenvalue weighted by atomic mass is 9.65. The first-order chi connectivity index (χ1) is 19.8. The van der Waals surface area contributed by atoms with Crippen LogP contribution in [0.15, 0.2) is 54.6 Å². The zero-order chi connectivity index (χ0) is 29.2. The highest BCUT2D eigenvalue weighted by atomic mass is 16.5. The molecule has 2 aromatic carbocycles. The molecule has 3 aliphatic heterocycles. The minimum absolute atomic E-state index is 0.00387. The van der Waals surface area contributed by atoms with E-state index in [0.717, 1.165) is 18.8 Å². The van der Waals surface area contributed by atoms with Gasteiger partial charge in [-0.1, -0.05) is 25.1 Å². The van der Waals surface area contributed by atoms with Crippen LogP contribution in [0, 0.1) is 11.8 Å². The molecular formula is C32H42N4O5. The molecule has 2 bridgehead atoms. The molecule has 0 radical (unpaired) electrons. The van der Waals surface area contributed by atoms with Gasteiger partial charge in [0, 0.05) is 43.3 Å². The van der Waals surface area contributed by atoms with Gasteiger partial charge in [0.05, 0.1) is 17.4 Å². The van der Waals surface area contributed by atoms with Crippen LogP contribution in [0.25, 0.3) is 0 Å². The van der Waals surface area contributed by atoms with Crippen molar-refractivity contribution in [2.45, 2.75) is 70.1 Å². The predicted octanol–water partition coefficient (Wildman–Crippen LogP) is 4.04. The molecule has 3 aliphatic rings. The lowest BCUT2D eigenvalue weighted by Gasteiger charge is -2.34. The van der Waals surface area contributed by atoms with Gasteiger partial charge in [0.1, 0.15) is 11.6 Å². The molecular weight excluding hydrogens is 520 g/mol. The van der Waals surface area contributed by atoms with Crippen LogP contribution in [0.2, 0.25) is 0 Å². The minimum atomic E-state index is -1.09. The second-order valence-corrected chi connectivity index (χ2v) is 11.4. The van der Waals surface area contributed by atoms with Gasteiger partial charge in [-0.2, -0.15) is 0 Å². The largest absolute Gasteiger partial charge is 0.396 e. The van der Waals surface area contributed by atoms with Crippen LogP contribution in [-0.4, -0.2) is 71.2 Å². The minimum Gasteiger partial charge on any atom is -0.396 e. The Hall–Kier alpha value is -3.43. The molecule has 9 nitrogen and oxygen atoms in total. The molecule has 0 saturated carbocycles. The highest BCUT2D eigenvalue weighted by Gasteiger charge is 2.78. The van der Waals surface area contributed by atoms with Crippen LogP contribution in [0.4, 0.5) is 17.1 Å². The number of carbonyl (C=O) groups excluding carboxylic acids is 3. The first kappa shape index (κ1) is 29.1. The molecule has 5 rings (SSSR count). The maximum Gasteiger partial charge on any atom is 0.250 e. The molecule has 1 spiro atoms. The number of unbranched alkanes of at least 4 members (excludes halogenated alkanes) is 1. The van der Waals surface area contributed by atoms with E-state index in [1.807, 2.05) is 61.5 Å². The Labute approximate surface area is 242 Å². The Balaban J connectivity index is 1.46. The van der Waals surface area contributed by atoms with Crippen LogP contribution in [-0.2, 0) is 19.1 Å². The maximum absolute atomic E-state index is 14.2. The third-order valence-corrected chi connectivity index (χ3v) is 9.32. The van der Waals surface area contributed by atoms with E-state index >= 15 is 0 Å². The molecule has 41 heavy (non-hydrogen) atoms. The van der Waals surface area contributed by atoms with Crippen molar-refractivity contribution >= 4 is 34.8 Å². The van der Waals surface area contributed by atoms with Gasteiger partial charge in [0.15, 0.2) is 0 Å². The van der Waals surface area contributed by atoms with Gasteiger partial charge in [0.2, 0.25) is 17.7 Å². The van der Waals surface area contributed by atoms with Crippen LogP contribution in [0.5, 0.6) is 0 Å². The number of nitrogens with zero attached hydrogens (tertiary/aromatic N) is 2. The number of anilines is 3. The normalized spacial score (nSPS) is 28.0. The zero-order valence-corrected chi connectivity index (χ0v) is 24.3. The summed E-state index contributed by atoms with van der Waals surface area (Å²) in [5.74, 6) is -2.24. The number of ether oxygens (including phenoxy) is 1. The molecule has 5 atom stereocenters. The molecule has 3 fully saturated rings. The van der Waals surface area contributed by atoms with E-state index in [1.165, 1.54) is 0 Å². The summed E-state index contributed by atoms with van der Waals surface area (Å²) >= 11 is 0. The summed E-state index contributed by atoms with van der Waals surface area (Å²) in [5.41, 5.74) is 0.484. The number of amides is 3. The highest BCUT2D eigenvalue weighted by molar-refractivity contribution is 6.05. The van der Waals surface area contributed by atoms with E-state index in [1.54, 1.807) is 4.90 Å². The van der Waals surface area contributed by atoms with E-state index in [9.17, 15) is 19.5 Å². The number of hydrogen-bond acceptors (Lipinski definition) is 6. The second-order valence-electron chi connectivity index (χ2n) is 11.4. The van der Waals surface area contributed by atoms with Crippen molar-refractivity contribution in [1.82, 2.24) is 4.90 Å². The Kier molecular flexibility index (Phi) is 8.38. The number of benzene rings is 2. The number of carbonyl (C=O) groups is 3. The smallest absolute Gasteiger partial charge is 0.250 e. The molecule has 3 saturated heterocycles. The predicted molar refractivity (Wildman–Crippen MR) is 159 cm³/mol. The number of fused-ring (bicyclic) bond motifs is 1. The summed E-state index contributed by atoms with van der Waals surface area (Å²) in [6.07, 6.45) is 2.76. The van der Waals surface area contributed by atoms with Crippen molar-refractivity contribution < 1.29 is 24.2 Å². The van der Waals surface area contributed by atoms with Gasteiger partial charge >= 0.3 is 0 Å². The van der Waals surface area contributed by atoms with Gasteiger partial charge < -0.3 is 30.3 Å². The summed E-state index contributed by atoms with van der Waals surface area (Å²) in [6.45, 7) is 8.27. The van der Waals surface area contributed by atoms with Crippen molar-refractivity contribution in [2.75, 3.05) is 41.8 Å². The Morgan fingerprint density at radius 2 is 1.61 bits per heavy atom. The summed E-state index contributed by atoms with van der Waals surface area (Å²) in [6, 6.07) is 16.1. The summed E-state index contributed by atoms with van der Waals surface area (Å²) < 4.78 is 6.81.